The van der Waals surface area contributed by atoms with E-state index in [0.29, 0.717) is 18.0 Å². The van der Waals surface area contributed by atoms with Crippen LogP contribution in [0.25, 0.3) is 33.4 Å². The van der Waals surface area contributed by atoms with E-state index in [4.69, 9.17) is 9.84 Å². The van der Waals surface area contributed by atoms with Crippen LogP contribution in [0.2, 0.25) is 0 Å². The summed E-state index contributed by atoms with van der Waals surface area (Å²) in [6.07, 6.45) is 3.69. The summed E-state index contributed by atoms with van der Waals surface area (Å²) < 4.78 is 32.7. The van der Waals surface area contributed by atoms with Crippen molar-refractivity contribution in [1.82, 2.24) is 19.7 Å². The SMILES string of the molecule is O=C(O)CNS(=O)(=O)c1ccc(-c2[nH]c3ncnc(NC[C@@H]4CCCO4)c3c2-c2ccccc2)cc1. The molecule has 10 nitrogen and oxygen atoms in total. The lowest BCUT2D eigenvalue weighted by atomic mass is 9.99. The van der Waals surface area contributed by atoms with Crippen LogP contribution in [0.1, 0.15) is 12.8 Å². The molecule has 4 N–H and O–H groups in total. The molecule has 2 aromatic carbocycles. The number of sulfonamides is 1. The standard InChI is InChI=1S/C25H25N5O5S/c31-20(32)14-29-36(33,34)19-10-8-17(9-11-19)23-21(16-5-2-1-3-6-16)22-24(27-15-28-25(22)30-23)26-13-18-7-4-12-35-18/h1-3,5-6,8-11,15,18,29H,4,7,12-14H2,(H,31,32)(H2,26,27,28,30)/t18-/m0/s1. The smallest absolute Gasteiger partial charge is 0.318 e. The van der Waals surface area contributed by atoms with Crippen molar-refractivity contribution in [3.05, 3.63) is 60.9 Å². The molecular formula is C25H25N5O5S. The van der Waals surface area contributed by atoms with Crippen LogP contribution in [0, 0.1) is 0 Å². The molecule has 11 heteroatoms. The van der Waals surface area contributed by atoms with Gasteiger partial charge in [-0.1, -0.05) is 42.5 Å². The number of hydrogen-bond acceptors (Lipinski definition) is 7. The number of benzene rings is 2. The van der Waals surface area contributed by atoms with Crippen molar-refractivity contribution in [3.63, 3.8) is 0 Å². The molecule has 1 aliphatic heterocycles. The molecule has 0 amide bonds. The first-order valence-electron chi connectivity index (χ1n) is 11.5. The summed E-state index contributed by atoms with van der Waals surface area (Å²) in [6.45, 7) is 0.716. The summed E-state index contributed by atoms with van der Waals surface area (Å²) in [5, 5.41) is 13.0. The van der Waals surface area contributed by atoms with Crippen LogP contribution in [-0.4, -0.2) is 60.2 Å². The van der Waals surface area contributed by atoms with Gasteiger partial charge in [-0.3, -0.25) is 4.79 Å². The Morgan fingerprint density at radius 3 is 2.56 bits per heavy atom. The molecule has 0 bridgehead atoms. The molecule has 0 aliphatic carbocycles. The van der Waals surface area contributed by atoms with Crippen LogP contribution in [0.3, 0.4) is 0 Å². The summed E-state index contributed by atoms with van der Waals surface area (Å²) >= 11 is 0. The fourth-order valence-corrected chi connectivity index (χ4v) is 5.30. The van der Waals surface area contributed by atoms with E-state index in [9.17, 15) is 13.2 Å². The summed E-state index contributed by atoms with van der Waals surface area (Å²) in [5.74, 6) is -0.570. The molecule has 1 saturated heterocycles. The molecule has 2 aromatic heterocycles. The highest BCUT2D eigenvalue weighted by Gasteiger charge is 2.22. The Labute approximate surface area is 207 Å². The summed E-state index contributed by atoms with van der Waals surface area (Å²) in [5.41, 5.74) is 4.00. The number of carboxylic acids is 1. The van der Waals surface area contributed by atoms with E-state index in [2.05, 4.69) is 25.0 Å². The van der Waals surface area contributed by atoms with Crippen molar-refractivity contribution >= 4 is 32.8 Å². The molecule has 1 aliphatic rings. The number of aliphatic carboxylic acids is 1. The van der Waals surface area contributed by atoms with E-state index in [1.54, 1.807) is 12.1 Å². The first-order valence-corrected chi connectivity index (χ1v) is 13.0. The zero-order chi connectivity index (χ0) is 25.1. The highest BCUT2D eigenvalue weighted by molar-refractivity contribution is 7.89. The number of ether oxygens (including phenoxy) is 1. The molecular weight excluding hydrogens is 482 g/mol. The van der Waals surface area contributed by atoms with Crippen molar-refractivity contribution in [3.8, 4) is 22.4 Å². The van der Waals surface area contributed by atoms with Gasteiger partial charge in [-0.05, 0) is 36.1 Å². The molecule has 0 saturated carbocycles. The second-order valence-electron chi connectivity index (χ2n) is 8.45. The number of rotatable bonds is 9. The predicted molar refractivity (Wildman–Crippen MR) is 135 cm³/mol. The molecule has 0 unspecified atom stereocenters. The molecule has 186 valence electrons. The molecule has 4 aromatic rings. The Morgan fingerprint density at radius 1 is 1.08 bits per heavy atom. The zero-order valence-electron chi connectivity index (χ0n) is 19.3. The van der Waals surface area contributed by atoms with Crippen LogP contribution in [0.4, 0.5) is 5.82 Å². The van der Waals surface area contributed by atoms with Crippen molar-refractivity contribution in [2.45, 2.75) is 23.8 Å². The molecule has 3 heterocycles. The third-order valence-corrected chi connectivity index (χ3v) is 7.46. The number of carboxylic acid groups (broad SMARTS) is 1. The number of fused-ring (bicyclic) bond motifs is 1. The van der Waals surface area contributed by atoms with Gasteiger partial charge in [-0.25, -0.2) is 18.4 Å². The topological polar surface area (TPSA) is 146 Å². The lowest BCUT2D eigenvalue weighted by Crippen LogP contribution is -2.29. The van der Waals surface area contributed by atoms with Gasteiger partial charge >= 0.3 is 5.97 Å². The van der Waals surface area contributed by atoms with Crippen molar-refractivity contribution in [1.29, 1.82) is 0 Å². The number of carbonyl (C=O) groups is 1. The Bertz CT molecular complexity index is 1480. The Kier molecular flexibility index (Phi) is 6.68. The quantitative estimate of drug-likeness (QED) is 0.270. The summed E-state index contributed by atoms with van der Waals surface area (Å²) in [6, 6.07) is 16.1. The normalized spacial score (nSPS) is 15.8. The van der Waals surface area contributed by atoms with Gasteiger partial charge in [0.15, 0.2) is 0 Å². The maximum absolute atomic E-state index is 12.4. The second-order valence-corrected chi connectivity index (χ2v) is 10.2. The van der Waals surface area contributed by atoms with E-state index >= 15 is 0 Å². The van der Waals surface area contributed by atoms with Crippen LogP contribution < -0.4 is 10.0 Å². The summed E-state index contributed by atoms with van der Waals surface area (Å²) in [4.78, 5) is 23.1. The average molecular weight is 508 g/mol. The first kappa shape index (κ1) is 23.9. The van der Waals surface area contributed by atoms with Gasteiger partial charge in [0.05, 0.1) is 22.1 Å². The van der Waals surface area contributed by atoms with Gasteiger partial charge in [0.1, 0.15) is 24.3 Å². The van der Waals surface area contributed by atoms with E-state index < -0.39 is 22.5 Å². The zero-order valence-corrected chi connectivity index (χ0v) is 20.1. The number of aromatic amines is 1. The number of nitrogens with zero attached hydrogens (tertiary/aromatic N) is 2. The molecule has 36 heavy (non-hydrogen) atoms. The molecule has 5 rings (SSSR count). The third-order valence-electron chi connectivity index (χ3n) is 6.04. The highest BCUT2D eigenvalue weighted by atomic mass is 32.2. The van der Waals surface area contributed by atoms with Crippen molar-refractivity contribution < 1.29 is 23.1 Å². The van der Waals surface area contributed by atoms with Crippen LogP contribution >= 0.6 is 0 Å². The van der Waals surface area contributed by atoms with Crippen molar-refractivity contribution in [2.75, 3.05) is 25.0 Å². The fraction of sp³-hybridized carbons (Fsp3) is 0.240. The lowest BCUT2D eigenvalue weighted by molar-refractivity contribution is -0.135. The number of aromatic nitrogens is 3. The minimum absolute atomic E-state index is 0.0245. The Morgan fingerprint density at radius 2 is 1.86 bits per heavy atom. The molecule has 0 spiro atoms. The Hall–Kier alpha value is -3.80. The van der Waals surface area contributed by atoms with E-state index in [0.717, 1.165) is 47.2 Å². The number of hydrogen-bond donors (Lipinski definition) is 4. The first-order chi connectivity index (χ1) is 17.4. The minimum atomic E-state index is -3.95. The van der Waals surface area contributed by atoms with Gasteiger partial charge in [-0.15, -0.1) is 0 Å². The van der Waals surface area contributed by atoms with E-state index in [1.807, 2.05) is 30.3 Å². The fourth-order valence-electron chi connectivity index (χ4n) is 4.32. The Balaban J connectivity index is 1.56. The molecule has 1 fully saturated rings. The second kappa shape index (κ2) is 10.1. The van der Waals surface area contributed by atoms with E-state index in [1.165, 1.54) is 18.5 Å². The van der Waals surface area contributed by atoms with Gasteiger partial charge in [0, 0.05) is 18.7 Å². The monoisotopic (exact) mass is 507 g/mol. The van der Waals surface area contributed by atoms with Crippen molar-refractivity contribution in [2.24, 2.45) is 0 Å². The highest BCUT2D eigenvalue weighted by Crippen LogP contribution is 2.40. The maximum atomic E-state index is 12.4. The van der Waals surface area contributed by atoms with Gasteiger partial charge < -0.3 is 20.1 Å². The van der Waals surface area contributed by atoms with Crippen LogP contribution in [-0.2, 0) is 19.6 Å². The lowest BCUT2D eigenvalue weighted by Gasteiger charge is -2.13. The van der Waals surface area contributed by atoms with Gasteiger partial charge in [0.25, 0.3) is 0 Å². The number of anilines is 1. The summed E-state index contributed by atoms with van der Waals surface area (Å²) in [7, 11) is -3.95. The van der Waals surface area contributed by atoms with Crippen LogP contribution in [0.5, 0.6) is 0 Å². The number of H-pyrrole nitrogens is 1. The predicted octanol–water partition coefficient (Wildman–Crippen LogP) is 3.25. The largest absolute Gasteiger partial charge is 0.480 e. The molecule has 0 radical (unpaired) electrons. The van der Waals surface area contributed by atoms with Gasteiger partial charge in [-0.2, -0.15) is 4.72 Å². The number of nitrogens with one attached hydrogen (secondary N) is 3. The third kappa shape index (κ3) is 4.94. The van der Waals surface area contributed by atoms with Crippen LogP contribution in [0.15, 0.2) is 65.8 Å². The average Bonchev–Trinajstić information content (AvgIpc) is 3.55. The molecule has 1 atom stereocenters. The maximum Gasteiger partial charge on any atom is 0.318 e. The minimum Gasteiger partial charge on any atom is -0.480 e. The van der Waals surface area contributed by atoms with E-state index in [-0.39, 0.29) is 11.0 Å². The van der Waals surface area contributed by atoms with Gasteiger partial charge in [0.2, 0.25) is 10.0 Å².